The zero-order valence-corrected chi connectivity index (χ0v) is 23.0. The average Bonchev–Trinajstić information content (AvgIpc) is 3.26. The molecule has 1 fully saturated rings. The fourth-order valence-electron chi connectivity index (χ4n) is 2.00. The van der Waals surface area contributed by atoms with Gasteiger partial charge in [0.05, 0.1) is 5.37 Å². The van der Waals surface area contributed by atoms with E-state index in [0.29, 0.717) is 22.6 Å². The summed E-state index contributed by atoms with van der Waals surface area (Å²) in [7, 11) is 0. The second-order valence-electron chi connectivity index (χ2n) is 8.59. The largest absolute Gasteiger partial charge is 0.508 e. The summed E-state index contributed by atoms with van der Waals surface area (Å²) in [6, 6.07) is 15.8. The molecule has 1 aliphatic heterocycles. The number of aromatic hydroxyl groups is 1. The highest BCUT2D eigenvalue weighted by atomic mass is 32.2. The maximum Gasteiger partial charge on any atom is 0.191 e. The van der Waals surface area contributed by atoms with E-state index in [0.717, 1.165) is 29.7 Å². The quantitative estimate of drug-likeness (QED) is 0.384. The third kappa shape index (κ3) is 18.4. The van der Waals surface area contributed by atoms with Gasteiger partial charge in [-0.05, 0) is 60.5 Å². The van der Waals surface area contributed by atoms with Crippen LogP contribution in [0.25, 0.3) is 0 Å². The topological polar surface area (TPSA) is 61.7 Å². The van der Waals surface area contributed by atoms with E-state index in [-0.39, 0.29) is 10.8 Å². The number of benzene rings is 2. The summed E-state index contributed by atoms with van der Waals surface area (Å²) in [6.07, 6.45) is 0. The number of nitrogens with one attached hydrogen (secondary N) is 1. The monoisotopic (exact) mass is 509 g/mol. The number of thioether (sulfide) groups is 1. The van der Waals surface area contributed by atoms with Gasteiger partial charge in [-0.15, -0.1) is 11.8 Å². The molecule has 0 aromatic heterocycles. The fraction of sp³-hybridized carbons (Fsp3) is 0.462. The minimum atomic E-state index is -0.0457. The van der Waals surface area contributed by atoms with E-state index in [1.165, 1.54) is 0 Å². The zero-order valence-electron chi connectivity index (χ0n) is 20.6. The van der Waals surface area contributed by atoms with Gasteiger partial charge in [0, 0.05) is 23.4 Å². The molecular formula is C26H39NO3S3. The molecular weight excluding hydrogens is 470 g/mol. The van der Waals surface area contributed by atoms with Gasteiger partial charge < -0.3 is 20.3 Å². The van der Waals surface area contributed by atoms with Gasteiger partial charge in [-0.3, -0.25) is 0 Å². The second kappa shape index (κ2) is 18.7. The molecule has 0 amide bonds. The Kier molecular flexibility index (Phi) is 17.8. The molecule has 1 unspecified atom stereocenters. The normalized spacial score (nSPS) is 14.1. The molecule has 33 heavy (non-hydrogen) atoms. The molecule has 0 radical (unpaired) electrons. The van der Waals surface area contributed by atoms with Crippen LogP contribution < -0.4 is 5.32 Å². The van der Waals surface area contributed by atoms with E-state index in [1.807, 2.05) is 30.0 Å². The minimum absolute atomic E-state index is 0.0457. The zero-order chi connectivity index (χ0) is 25.2. The van der Waals surface area contributed by atoms with Crippen LogP contribution in [-0.4, -0.2) is 44.6 Å². The summed E-state index contributed by atoms with van der Waals surface area (Å²) < 4.78 is 5.52. The summed E-state index contributed by atoms with van der Waals surface area (Å²) in [5.41, 5.74) is 1.53. The van der Waals surface area contributed by atoms with Crippen LogP contribution in [0.4, 0.5) is 0 Å². The van der Waals surface area contributed by atoms with Crippen LogP contribution in [0.5, 0.6) is 5.75 Å². The molecule has 2 aromatic carbocycles. The van der Waals surface area contributed by atoms with Crippen molar-refractivity contribution in [3.05, 3.63) is 65.7 Å². The van der Waals surface area contributed by atoms with Gasteiger partial charge in [0.2, 0.25) is 0 Å². The Labute approximate surface area is 215 Å². The number of phenolic OH excluding ortho intramolecular Hbond substituents is 1. The maximum absolute atomic E-state index is 9.14. The number of aliphatic hydroxyl groups is 1. The standard InChI is InChI=1S/C11H13NO2S2.C7H6OS.2C4H10/c13-9-3-1-8(2-4-9)11(15)14-7-10-12-5-6-16-10;8-7(9)6-4-2-1-3-5-6;2*1-4(2)3/h1-4,10,12-13H,5-7H2;1-5H,(H,8,9);2*4H,1-3H3. The van der Waals surface area contributed by atoms with Crippen molar-refractivity contribution in [2.24, 2.45) is 11.8 Å². The molecule has 3 rings (SSSR count). The molecule has 1 aliphatic rings. The van der Waals surface area contributed by atoms with Crippen molar-refractivity contribution >= 4 is 46.3 Å². The molecule has 0 spiro atoms. The van der Waals surface area contributed by atoms with E-state index in [1.54, 1.807) is 36.4 Å². The van der Waals surface area contributed by atoms with E-state index < -0.39 is 0 Å². The number of aliphatic hydroxyl groups excluding tert-OH is 1. The van der Waals surface area contributed by atoms with Crippen molar-refractivity contribution in [1.82, 2.24) is 5.32 Å². The number of phenols is 1. The third-order valence-corrected chi connectivity index (χ3v) is 5.02. The highest BCUT2D eigenvalue weighted by Crippen LogP contribution is 2.15. The van der Waals surface area contributed by atoms with Gasteiger partial charge in [-0.1, -0.05) is 71.9 Å². The molecule has 3 N–H and O–H groups in total. The van der Waals surface area contributed by atoms with Gasteiger partial charge >= 0.3 is 0 Å². The number of rotatable bonds is 4. The molecule has 1 saturated heterocycles. The Morgan fingerprint density at radius 3 is 1.85 bits per heavy atom. The molecule has 1 atom stereocenters. The number of hydrogen-bond donors (Lipinski definition) is 3. The Hall–Kier alpha value is -1.67. The van der Waals surface area contributed by atoms with E-state index in [9.17, 15) is 0 Å². The van der Waals surface area contributed by atoms with E-state index >= 15 is 0 Å². The predicted octanol–water partition coefficient (Wildman–Crippen LogP) is 6.99. The average molecular weight is 510 g/mol. The first-order chi connectivity index (χ1) is 15.5. The lowest BCUT2D eigenvalue weighted by Crippen LogP contribution is -2.26. The molecule has 184 valence electrons. The number of hydrogen-bond acceptors (Lipinski definition) is 6. The second-order valence-corrected chi connectivity index (χ2v) is 10.7. The van der Waals surface area contributed by atoms with Crippen LogP contribution in [-0.2, 0) is 4.74 Å². The number of thiocarbonyl (C=S) groups is 2. The summed E-state index contributed by atoms with van der Waals surface area (Å²) in [6.45, 7) is 14.6. The Morgan fingerprint density at radius 1 is 0.939 bits per heavy atom. The lowest BCUT2D eigenvalue weighted by atomic mass is 10.2. The Morgan fingerprint density at radius 2 is 1.45 bits per heavy atom. The number of ether oxygens (including phenoxy) is 1. The van der Waals surface area contributed by atoms with Gasteiger partial charge in [0.1, 0.15) is 12.4 Å². The molecule has 4 nitrogen and oxygen atoms in total. The minimum Gasteiger partial charge on any atom is -0.508 e. The van der Waals surface area contributed by atoms with Crippen molar-refractivity contribution in [2.75, 3.05) is 18.9 Å². The lowest BCUT2D eigenvalue weighted by Gasteiger charge is -2.12. The Balaban J connectivity index is 0.000000506. The SMILES string of the molecule is CC(C)C.CC(C)C.OC(=S)c1ccccc1.Oc1ccc(C(=S)OCC2NCCS2)cc1. The predicted molar refractivity (Wildman–Crippen MR) is 152 cm³/mol. The first kappa shape index (κ1) is 31.3. The van der Waals surface area contributed by atoms with Gasteiger partial charge in [-0.2, -0.15) is 0 Å². The van der Waals surface area contributed by atoms with Crippen LogP contribution in [0.15, 0.2) is 54.6 Å². The molecule has 0 aliphatic carbocycles. The smallest absolute Gasteiger partial charge is 0.191 e. The molecule has 0 bridgehead atoms. The van der Waals surface area contributed by atoms with Crippen molar-refractivity contribution in [2.45, 2.75) is 46.9 Å². The van der Waals surface area contributed by atoms with Gasteiger partial charge in [0.25, 0.3) is 0 Å². The van der Waals surface area contributed by atoms with E-state index in [2.05, 4.69) is 59.1 Å². The molecule has 2 aromatic rings. The first-order valence-corrected chi connectivity index (χ1v) is 13.0. The third-order valence-electron chi connectivity index (χ3n) is 3.28. The summed E-state index contributed by atoms with van der Waals surface area (Å²) >= 11 is 11.5. The molecule has 1 heterocycles. The van der Waals surface area contributed by atoms with Crippen LogP contribution in [0, 0.1) is 11.8 Å². The van der Waals surface area contributed by atoms with Crippen molar-refractivity contribution in [3.63, 3.8) is 0 Å². The van der Waals surface area contributed by atoms with Crippen LogP contribution >= 0.6 is 36.2 Å². The van der Waals surface area contributed by atoms with Crippen LogP contribution in [0.1, 0.15) is 52.7 Å². The first-order valence-electron chi connectivity index (χ1n) is 11.1. The molecule has 0 saturated carbocycles. The van der Waals surface area contributed by atoms with Crippen molar-refractivity contribution in [3.8, 4) is 5.75 Å². The highest BCUT2D eigenvalue weighted by Gasteiger charge is 2.15. The molecule has 7 heteroatoms. The van der Waals surface area contributed by atoms with Crippen molar-refractivity contribution < 1.29 is 14.9 Å². The van der Waals surface area contributed by atoms with Crippen LogP contribution in [0.2, 0.25) is 0 Å². The van der Waals surface area contributed by atoms with Gasteiger partial charge in [-0.25, -0.2) is 0 Å². The summed E-state index contributed by atoms with van der Waals surface area (Å²) in [4.78, 5) is 0. The summed E-state index contributed by atoms with van der Waals surface area (Å²) in [5, 5.41) is 22.0. The lowest BCUT2D eigenvalue weighted by molar-refractivity contribution is 0.303. The fourth-order valence-corrected chi connectivity index (χ4v) is 3.26. The Bertz CT molecular complexity index is 764. The van der Waals surface area contributed by atoms with Crippen LogP contribution in [0.3, 0.4) is 0 Å². The van der Waals surface area contributed by atoms with E-state index in [4.69, 9.17) is 27.2 Å². The summed E-state index contributed by atoms with van der Waals surface area (Å²) in [5.74, 6) is 3.03. The highest BCUT2D eigenvalue weighted by molar-refractivity contribution is 8.00. The maximum atomic E-state index is 9.14. The van der Waals surface area contributed by atoms with Crippen molar-refractivity contribution in [1.29, 1.82) is 0 Å². The van der Waals surface area contributed by atoms with Gasteiger partial charge in [0.15, 0.2) is 10.1 Å².